The van der Waals surface area contributed by atoms with Crippen molar-refractivity contribution >= 4 is 22.9 Å². The number of fused-ring (bicyclic) bond motifs is 2. The number of carbonyl (C=O) groups excluding carboxylic acids is 1. The van der Waals surface area contributed by atoms with E-state index >= 15 is 0 Å². The molecule has 4 rings (SSSR count). The lowest BCUT2D eigenvalue weighted by Crippen LogP contribution is -2.40. The first-order valence-electron chi connectivity index (χ1n) is 9.54. The van der Waals surface area contributed by atoms with Crippen LogP contribution in [-0.4, -0.2) is 29.7 Å². The molecule has 6 heteroatoms. The molecule has 0 spiro atoms. The van der Waals surface area contributed by atoms with Crippen LogP contribution in [0.3, 0.4) is 0 Å². The molecular formula is C23H21N3O3. The minimum absolute atomic E-state index is 0.193. The first kappa shape index (κ1) is 18.6. The van der Waals surface area contributed by atoms with Crippen molar-refractivity contribution in [1.29, 1.82) is 5.26 Å². The number of para-hydroxylation sites is 3. The molecule has 146 valence electrons. The highest BCUT2D eigenvalue weighted by atomic mass is 16.6. The van der Waals surface area contributed by atoms with Gasteiger partial charge in [-0.05, 0) is 24.3 Å². The Kier molecular flexibility index (Phi) is 5.48. The number of nitrogens with zero attached hydrogens (tertiary/aromatic N) is 2. The van der Waals surface area contributed by atoms with E-state index in [4.69, 9.17) is 14.7 Å². The minimum atomic E-state index is -0.227. The quantitative estimate of drug-likeness (QED) is 0.657. The molecule has 0 bridgehead atoms. The molecule has 1 N–H and O–H groups in total. The summed E-state index contributed by atoms with van der Waals surface area (Å²) in [6.45, 7) is 1.38. The number of amides is 1. The van der Waals surface area contributed by atoms with Gasteiger partial charge in [-0.1, -0.05) is 30.3 Å². The van der Waals surface area contributed by atoms with E-state index in [0.29, 0.717) is 31.9 Å². The number of aryl methyl sites for hydroxylation is 1. The molecule has 0 saturated carbocycles. The summed E-state index contributed by atoms with van der Waals surface area (Å²) in [5.74, 6) is 1.22. The lowest BCUT2D eigenvalue weighted by Gasteiger charge is -2.26. The van der Waals surface area contributed by atoms with Gasteiger partial charge in [0.05, 0.1) is 19.0 Å². The molecule has 1 unspecified atom stereocenters. The molecule has 1 aromatic heterocycles. The number of benzene rings is 2. The van der Waals surface area contributed by atoms with Crippen molar-refractivity contribution < 1.29 is 14.3 Å². The van der Waals surface area contributed by atoms with Crippen LogP contribution in [-0.2, 0) is 11.3 Å². The third-order valence-corrected chi connectivity index (χ3v) is 4.77. The van der Waals surface area contributed by atoms with Gasteiger partial charge in [0, 0.05) is 35.3 Å². The van der Waals surface area contributed by atoms with Crippen LogP contribution in [0, 0.1) is 11.3 Å². The molecular weight excluding hydrogens is 366 g/mol. The first-order chi connectivity index (χ1) is 14.2. The largest absolute Gasteiger partial charge is 0.486 e. The maximum absolute atomic E-state index is 12.3. The number of hydrogen-bond donors (Lipinski definition) is 1. The minimum Gasteiger partial charge on any atom is -0.486 e. The normalized spacial score (nSPS) is 15.3. The first-order valence-corrected chi connectivity index (χ1v) is 9.54. The summed E-state index contributed by atoms with van der Waals surface area (Å²) in [6.07, 6.45) is 5.51. The number of ether oxygens (including phenoxy) is 2. The van der Waals surface area contributed by atoms with Crippen molar-refractivity contribution in [3.8, 4) is 17.6 Å². The molecule has 0 fully saturated rings. The zero-order valence-corrected chi connectivity index (χ0v) is 15.9. The van der Waals surface area contributed by atoms with E-state index in [1.54, 1.807) is 6.08 Å². The van der Waals surface area contributed by atoms with Crippen LogP contribution in [0.25, 0.3) is 17.0 Å². The van der Waals surface area contributed by atoms with Crippen LogP contribution >= 0.6 is 0 Å². The Hall–Kier alpha value is -3.72. The van der Waals surface area contributed by atoms with Crippen LogP contribution in [0.5, 0.6) is 11.5 Å². The zero-order chi connectivity index (χ0) is 20.1. The Balaban J connectivity index is 1.38. The Morgan fingerprint density at radius 1 is 1.21 bits per heavy atom. The number of aromatic nitrogens is 1. The Bertz CT molecular complexity index is 1090. The summed E-state index contributed by atoms with van der Waals surface area (Å²) in [4.78, 5) is 12.3. The third kappa shape index (κ3) is 4.25. The van der Waals surface area contributed by atoms with E-state index in [9.17, 15) is 4.79 Å². The summed E-state index contributed by atoms with van der Waals surface area (Å²) in [6, 6.07) is 17.6. The van der Waals surface area contributed by atoms with Crippen LogP contribution in [0.4, 0.5) is 0 Å². The number of nitrogens with one attached hydrogen (secondary N) is 1. The lowest BCUT2D eigenvalue weighted by molar-refractivity contribution is -0.116. The van der Waals surface area contributed by atoms with Crippen LogP contribution in [0.2, 0.25) is 0 Å². The Morgan fingerprint density at radius 2 is 2.00 bits per heavy atom. The fourth-order valence-electron chi connectivity index (χ4n) is 3.37. The van der Waals surface area contributed by atoms with Crippen molar-refractivity contribution in [1.82, 2.24) is 9.88 Å². The van der Waals surface area contributed by atoms with Crippen LogP contribution in [0.15, 0.2) is 60.8 Å². The van der Waals surface area contributed by atoms with E-state index in [1.165, 1.54) is 6.08 Å². The summed E-state index contributed by atoms with van der Waals surface area (Å²) in [5.41, 5.74) is 1.99. The number of carbonyl (C=O) groups is 1. The van der Waals surface area contributed by atoms with E-state index in [-0.39, 0.29) is 12.0 Å². The van der Waals surface area contributed by atoms with Gasteiger partial charge in [0.2, 0.25) is 5.91 Å². The second-order valence-electron chi connectivity index (χ2n) is 6.78. The number of rotatable bonds is 6. The molecule has 1 aliphatic rings. The summed E-state index contributed by atoms with van der Waals surface area (Å²) >= 11 is 0. The smallest absolute Gasteiger partial charge is 0.244 e. The monoisotopic (exact) mass is 387 g/mol. The maximum Gasteiger partial charge on any atom is 0.244 e. The predicted octanol–water partition coefficient (Wildman–Crippen LogP) is 3.52. The third-order valence-electron chi connectivity index (χ3n) is 4.77. The van der Waals surface area contributed by atoms with Gasteiger partial charge < -0.3 is 19.4 Å². The molecule has 6 nitrogen and oxygen atoms in total. The second kappa shape index (κ2) is 8.53. The molecule has 2 aromatic carbocycles. The van der Waals surface area contributed by atoms with Crippen molar-refractivity contribution in [2.45, 2.75) is 19.1 Å². The van der Waals surface area contributed by atoms with Crippen LogP contribution in [0.1, 0.15) is 12.0 Å². The van der Waals surface area contributed by atoms with E-state index < -0.39 is 0 Å². The highest BCUT2D eigenvalue weighted by molar-refractivity contribution is 5.96. The topological polar surface area (TPSA) is 76.3 Å². The molecule has 0 aliphatic carbocycles. The standard InChI is InChI=1S/C23H21N3O3/c24-12-5-13-26-15-17(19-6-1-2-7-20(19)26)10-11-23(27)25-14-18-16-28-21-8-3-4-9-22(21)29-18/h1-4,6-11,15,18H,5,13-14,16H2,(H,25,27)/b11-10+. The molecule has 1 atom stereocenters. The van der Waals surface area contributed by atoms with E-state index in [2.05, 4.69) is 11.4 Å². The second-order valence-corrected chi connectivity index (χ2v) is 6.78. The average Bonchev–Trinajstić information content (AvgIpc) is 3.12. The van der Waals surface area contributed by atoms with Crippen molar-refractivity contribution in [2.75, 3.05) is 13.2 Å². The summed E-state index contributed by atoms with van der Waals surface area (Å²) < 4.78 is 13.6. The van der Waals surface area contributed by atoms with Crippen LogP contribution < -0.4 is 14.8 Å². The van der Waals surface area contributed by atoms with Gasteiger partial charge >= 0.3 is 0 Å². The molecule has 0 saturated heterocycles. The molecule has 2 heterocycles. The Morgan fingerprint density at radius 3 is 2.86 bits per heavy atom. The van der Waals surface area contributed by atoms with Crippen molar-refractivity contribution in [2.24, 2.45) is 0 Å². The molecule has 3 aromatic rings. The SMILES string of the molecule is N#CCCn1cc(/C=C/C(=O)NCC2COc3ccccc3O2)c2ccccc21. The number of hydrogen-bond acceptors (Lipinski definition) is 4. The fraction of sp³-hybridized carbons (Fsp3) is 0.217. The van der Waals surface area contributed by atoms with Gasteiger partial charge in [-0.2, -0.15) is 5.26 Å². The maximum atomic E-state index is 12.3. The predicted molar refractivity (Wildman–Crippen MR) is 111 cm³/mol. The summed E-state index contributed by atoms with van der Waals surface area (Å²) in [7, 11) is 0. The summed E-state index contributed by atoms with van der Waals surface area (Å²) in [5, 5.41) is 12.8. The lowest BCUT2D eigenvalue weighted by atomic mass is 10.1. The van der Waals surface area contributed by atoms with Gasteiger partial charge in [-0.15, -0.1) is 0 Å². The average molecular weight is 387 g/mol. The van der Waals surface area contributed by atoms with Crippen molar-refractivity contribution in [3.05, 3.63) is 66.4 Å². The zero-order valence-electron chi connectivity index (χ0n) is 15.9. The molecule has 0 radical (unpaired) electrons. The molecule has 29 heavy (non-hydrogen) atoms. The van der Waals surface area contributed by atoms with E-state index in [0.717, 1.165) is 22.2 Å². The van der Waals surface area contributed by atoms with E-state index in [1.807, 2.05) is 59.3 Å². The van der Waals surface area contributed by atoms with Crippen molar-refractivity contribution in [3.63, 3.8) is 0 Å². The highest BCUT2D eigenvalue weighted by Crippen LogP contribution is 2.30. The van der Waals surface area contributed by atoms with Gasteiger partial charge in [-0.3, -0.25) is 4.79 Å². The molecule has 1 aliphatic heterocycles. The molecule has 1 amide bonds. The van der Waals surface area contributed by atoms with Gasteiger partial charge in [0.1, 0.15) is 12.7 Å². The van der Waals surface area contributed by atoms with Gasteiger partial charge in [-0.25, -0.2) is 0 Å². The van der Waals surface area contributed by atoms with Gasteiger partial charge in [0.15, 0.2) is 11.5 Å². The fourth-order valence-corrected chi connectivity index (χ4v) is 3.37. The number of nitriles is 1. The van der Waals surface area contributed by atoms with Gasteiger partial charge in [0.25, 0.3) is 0 Å². The highest BCUT2D eigenvalue weighted by Gasteiger charge is 2.20. The Labute approximate surface area is 169 Å².